The van der Waals surface area contributed by atoms with Gasteiger partial charge in [-0.3, -0.25) is 4.57 Å². The van der Waals surface area contributed by atoms with Gasteiger partial charge >= 0.3 is 7.60 Å². The Hall–Kier alpha value is -0.0500. The fourth-order valence-corrected chi connectivity index (χ4v) is 3.84. The van der Waals surface area contributed by atoms with Crippen molar-refractivity contribution in [1.29, 1.82) is 0 Å². The number of aliphatic hydroxyl groups is 4. The van der Waals surface area contributed by atoms with Gasteiger partial charge in [-0.2, -0.15) is 0 Å². The normalized spacial score (nSPS) is 49.0. The highest BCUT2D eigenvalue weighted by molar-refractivity contribution is 7.52. The third-order valence-electron chi connectivity index (χ3n) is 5.31. The van der Waals surface area contributed by atoms with E-state index in [1.54, 1.807) is 0 Å². The van der Waals surface area contributed by atoms with Crippen molar-refractivity contribution in [3.63, 3.8) is 0 Å². The van der Waals surface area contributed by atoms with Gasteiger partial charge < -0.3 is 34.9 Å². The van der Waals surface area contributed by atoms with Crippen molar-refractivity contribution in [3.05, 3.63) is 0 Å². The largest absolute Gasteiger partial charge is 0.384 e. The molecular weight excluding hydrogens is 303 g/mol. The molecule has 8 nitrogen and oxygen atoms in total. The molecular formula is C12H25O8P. The second kappa shape index (κ2) is 4.49. The maximum absolute atomic E-state index is 11.4. The minimum atomic E-state index is -5.05. The molecule has 1 heterocycles. The van der Waals surface area contributed by atoms with Crippen molar-refractivity contribution in [2.24, 2.45) is 0 Å². The van der Waals surface area contributed by atoms with Crippen LogP contribution in [0.4, 0.5) is 0 Å². The first kappa shape index (κ1) is 19.0. The molecule has 1 fully saturated rings. The summed E-state index contributed by atoms with van der Waals surface area (Å²) >= 11 is 0. The Morgan fingerprint density at radius 3 is 1.57 bits per heavy atom. The first-order valence-corrected chi connectivity index (χ1v) is 8.15. The molecule has 9 heteroatoms. The van der Waals surface area contributed by atoms with E-state index in [1.165, 1.54) is 20.8 Å². The Labute approximate surface area is 123 Å². The number of hydrogen-bond acceptors (Lipinski definition) is 6. The third kappa shape index (κ3) is 2.21. The van der Waals surface area contributed by atoms with Crippen LogP contribution in [-0.2, 0) is 9.30 Å². The molecule has 0 amide bonds. The number of aliphatic hydroxyl groups excluding tert-OH is 1. The van der Waals surface area contributed by atoms with E-state index >= 15 is 0 Å². The number of rotatable bonds is 2. The van der Waals surface area contributed by atoms with Crippen LogP contribution in [0, 0.1) is 0 Å². The Kier molecular flexibility index (Phi) is 4.06. The van der Waals surface area contributed by atoms with Crippen molar-refractivity contribution < 1.29 is 39.5 Å². The Balaban J connectivity index is 3.61. The minimum absolute atomic E-state index is 1.05. The van der Waals surface area contributed by atoms with Gasteiger partial charge in [-0.15, -0.1) is 0 Å². The van der Waals surface area contributed by atoms with Crippen LogP contribution in [0.3, 0.4) is 0 Å². The monoisotopic (exact) mass is 328 g/mol. The quantitative estimate of drug-likeness (QED) is 0.365. The Morgan fingerprint density at radius 2 is 1.24 bits per heavy atom. The zero-order valence-corrected chi connectivity index (χ0v) is 13.9. The highest BCUT2D eigenvalue weighted by Crippen LogP contribution is 2.59. The molecule has 126 valence electrons. The number of hydrogen-bond donors (Lipinski definition) is 6. The topological polar surface area (TPSA) is 148 Å². The molecule has 5 atom stereocenters. The standard InChI is InChI=1S/C12H25O8P/c1-8(2)10(4,14)12(6,16)11(5,15)9(3,20-8)7(13)21(17,18)19/h7,13-16H,1-6H3,(H2,17,18,19)/t7?,9?,10?,11-,12?/m1/s1. The van der Waals surface area contributed by atoms with E-state index in [0.29, 0.717) is 0 Å². The molecule has 0 aromatic carbocycles. The molecule has 0 bridgehead atoms. The molecule has 1 aliphatic heterocycles. The van der Waals surface area contributed by atoms with Crippen molar-refractivity contribution >= 4 is 7.60 Å². The molecule has 0 aliphatic carbocycles. The second-order valence-electron chi connectivity index (χ2n) is 6.90. The molecule has 0 spiro atoms. The van der Waals surface area contributed by atoms with Gasteiger partial charge in [0.25, 0.3) is 0 Å². The van der Waals surface area contributed by atoms with Gasteiger partial charge in [0.05, 0.1) is 5.60 Å². The van der Waals surface area contributed by atoms with Gasteiger partial charge in [-0.25, -0.2) is 0 Å². The third-order valence-corrected chi connectivity index (χ3v) is 6.44. The maximum atomic E-state index is 11.4. The minimum Gasteiger partial charge on any atom is -0.384 e. The van der Waals surface area contributed by atoms with Crippen molar-refractivity contribution in [3.8, 4) is 0 Å². The number of ether oxygens (including phenoxy) is 1. The van der Waals surface area contributed by atoms with Gasteiger partial charge in [-0.1, -0.05) is 0 Å². The van der Waals surface area contributed by atoms with Crippen LogP contribution in [0.15, 0.2) is 0 Å². The summed E-state index contributed by atoms with van der Waals surface area (Å²) in [5.74, 6) is -2.39. The Bertz CT molecular complexity index is 478. The van der Waals surface area contributed by atoms with Crippen LogP contribution in [0.5, 0.6) is 0 Å². The predicted octanol–water partition coefficient (Wildman–Crippen LogP) is -0.697. The summed E-state index contributed by atoms with van der Waals surface area (Å²) in [5.41, 5.74) is -10.3. The zero-order valence-electron chi connectivity index (χ0n) is 13.0. The summed E-state index contributed by atoms with van der Waals surface area (Å²) in [4.78, 5) is 18.5. The molecule has 6 N–H and O–H groups in total. The maximum Gasteiger partial charge on any atom is 0.356 e. The first-order valence-electron chi connectivity index (χ1n) is 6.47. The molecule has 1 saturated heterocycles. The van der Waals surface area contributed by atoms with Gasteiger partial charge in [0.2, 0.25) is 0 Å². The van der Waals surface area contributed by atoms with E-state index in [0.717, 1.165) is 20.8 Å². The van der Waals surface area contributed by atoms with Crippen molar-refractivity contribution in [2.75, 3.05) is 0 Å². The summed E-state index contributed by atoms with van der Waals surface area (Å²) < 4.78 is 16.9. The van der Waals surface area contributed by atoms with Gasteiger partial charge in [0.1, 0.15) is 22.4 Å². The lowest BCUT2D eigenvalue weighted by Crippen LogP contribution is -2.84. The molecule has 0 saturated carbocycles. The van der Waals surface area contributed by atoms with E-state index < -0.39 is 41.4 Å². The molecule has 1 rings (SSSR count). The van der Waals surface area contributed by atoms with E-state index in [-0.39, 0.29) is 0 Å². The predicted molar refractivity (Wildman–Crippen MR) is 73.5 cm³/mol. The SMILES string of the molecule is CC1(C)OC(C)(C(O)P(=O)(O)O)[C@@](C)(O)C(C)(O)C1(C)O. The second-order valence-corrected chi connectivity index (χ2v) is 8.57. The van der Waals surface area contributed by atoms with Gasteiger partial charge in [-0.05, 0) is 41.5 Å². The van der Waals surface area contributed by atoms with Crippen molar-refractivity contribution in [2.45, 2.75) is 75.4 Å². The lowest BCUT2D eigenvalue weighted by Gasteiger charge is -2.66. The average Bonchev–Trinajstić information content (AvgIpc) is 2.23. The summed E-state index contributed by atoms with van der Waals surface area (Å²) in [6.45, 7) is 7.29. The molecule has 0 aromatic heterocycles. The van der Waals surface area contributed by atoms with Gasteiger partial charge in [0.15, 0.2) is 5.85 Å². The van der Waals surface area contributed by atoms with E-state index in [2.05, 4.69) is 0 Å². The lowest BCUT2D eigenvalue weighted by atomic mass is 9.58. The molecule has 1 aliphatic rings. The van der Waals surface area contributed by atoms with Crippen LogP contribution >= 0.6 is 7.60 Å². The molecule has 4 unspecified atom stereocenters. The van der Waals surface area contributed by atoms with Crippen molar-refractivity contribution in [1.82, 2.24) is 0 Å². The average molecular weight is 328 g/mol. The Morgan fingerprint density at radius 1 is 0.857 bits per heavy atom. The van der Waals surface area contributed by atoms with Crippen LogP contribution in [-0.4, -0.2) is 64.1 Å². The van der Waals surface area contributed by atoms with E-state index in [4.69, 9.17) is 4.74 Å². The van der Waals surface area contributed by atoms with Crippen LogP contribution in [0.1, 0.15) is 41.5 Å². The van der Waals surface area contributed by atoms with E-state index in [1.807, 2.05) is 0 Å². The van der Waals surface area contributed by atoms with E-state index in [9.17, 15) is 34.8 Å². The summed E-state index contributed by atoms with van der Waals surface area (Å²) in [6, 6.07) is 0. The highest BCUT2D eigenvalue weighted by atomic mass is 31.2. The summed E-state index contributed by atoms with van der Waals surface area (Å²) in [6.07, 6.45) is 0. The smallest absolute Gasteiger partial charge is 0.356 e. The van der Waals surface area contributed by atoms with Crippen LogP contribution in [0.25, 0.3) is 0 Å². The highest BCUT2D eigenvalue weighted by Gasteiger charge is 2.75. The van der Waals surface area contributed by atoms with Crippen LogP contribution in [0.2, 0.25) is 0 Å². The molecule has 0 aromatic rings. The molecule has 21 heavy (non-hydrogen) atoms. The fraction of sp³-hybridized carbons (Fsp3) is 1.00. The fourth-order valence-electron chi connectivity index (χ4n) is 2.90. The first-order chi connectivity index (χ1) is 8.86. The van der Waals surface area contributed by atoms with Gasteiger partial charge in [0, 0.05) is 0 Å². The molecule has 0 radical (unpaired) electrons. The van der Waals surface area contributed by atoms with Crippen LogP contribution < -0.4 is 0 Å². The lowest BCUT2D eigenvalue weighted by molar-refractivity contribution is -0.402. The summed E-state index contributed by atoms with van der Waals surface area (Å²) in [7, 11) is -5.05. The zero-order chi connectivity index (χ0) is 17.3. The summed E-state index contributed by atoms with van der Waals surface area (Å²) in [5, 5.41) is 41.9.